The Morgan fingerprint density at radius 1 is 1.18 bits per heavy atom. The van der Waals surface area contributed by atoms with E-state index in [-0.39, 0.29) is 68.0 Å². The molecule has 0 spiro atoms. The van der Waals surface area contributed by atoms with Gasteiger partial charge in [-0.05, 0) is 32.4 Å². The molecular weight excluding hydrogens is 466 g/mol. The first-order chi connectivity index (χ1) is 15.3. The molecule has 1 saturated heterocycles. The monoisotopic (exact) mass is 490 g/mol. The Morgan fingerprint density at radius 2 is 1.82 bits per heavy atom. The van der Waals surface area contributed by atoms with Crippen LogP contribution in [0.4, 0.5) is 0 Å². The molecule has 0 aromatic heterocycles. The Hall–Kier alpha value is -1.88. The van der Waals surface area contributed by atoms with E-state index >= 15 is 0 Å². The number of para-hydroxylation sites is 1. The maximum Gasteiger partial charge on any atom is 1.00 e. The van der Waals surface area contributed by atoms with E-state index in [0.717, 1.165) is 4.90 Å². The third kappa shape index (κ3) is 6.38. The quantitative estimate of drug-likeness (QED) is 0.206. The van der Waals surface area contributed by atoms with E-state index in [2.05, 4.69) is 5.32 Å². The Labute approximate surface area is 213 Å². The van der Waals surface area contributed by atoms with Gasteiger partial charge in [-0.25, -0.2) is 4.57 Å². The fraction of sp³-hybridized carbons (Fsp3) is 0.450. The number of ether oxygens (including phenoxy) is 1. The number of carboxylic acid groups (broad SMARTS) is 1. The predicted octanol–water partition coefficient (Wildman–Crippen LogP) is -2.28. The SMILES string of the molecule is CCOP(=O)(OCC)OC1=C(C(=O)[O-])N2C(=O)[C@@H](NC(=O)COc3ccccc3)[C@H]2CC1.[Na+]. The minimum atomic E-state index is -4.06. The van der Waals surface area contributed by atoms with Crippen LogP contribution in [-0.2, 0) is 32.5 Å². The zero-order chi connectivity index (χ0) is 23.3. The van der Waals surface area contributed by atoms with Gasteiger partial charge in [-0.1, -0.05) is 18.2 Å². The fourth-order valence-electron chi connectivity index (χ4n) is 3.53. The number of hydrogen-bond acceptors (Lipinski definition) is 9. The molecule has 33 heavy (non-hydrogen) atoms. The van der Waals surface area contributed by atoms with Crippen LogP contribution >= 0.6 is 7.82 Å². The second-order valence-electron chi connectivity index (χ2n) is 6.89. The first-order valence-electron chi connectivity index (χ1n) is 10.1. The van der Waals surface area contributed by atoms with Crippen LogP contribution in [0.1, 0.15) is 26.7 Å². The molecule has 174 valence electrons. The molecular formula is C20H24N2NaO9P. The molecule has 2 heterocycles. The van der Waals surface area contributed by atoms with Crippen molar-refractivity contribution < 1.29 is 71.9 Å². The number of nitrogens with zero attached hydrogens (tertiary/aromatic N) is 1. The number of benzene rings is 1. The molecule has 0 aliphatic carbocycles. The molecule has 2 atom stereocenters. The standard InChI is InChI=1S/C20H25N2O9P.Na/c1-3-29-32(27,30-4-2)31-15-11-10-14-17(19(24)22(14)18(15)20(25)26)21-16(23)12-28-13-8-6-5-7-9-13;/h5-9,14,17H,3-4,10-12H2,1-2H3,(H,21,23)(H,25,26);/q;+1/p-1/t14-,17+;/m1./s1. The van der Waals surface area contributed by atoms with E-state index in [1.54, 1.807) is 44.2 Å². The topological polar surface area (TPSA) is 144 Å². The van der Waals surface area contributed by atoms with Gasteiger partial charge >= 0.3 is 37.4 Å². The molecule has 2 aliphatic heterocycles. The van der Waals surface area contributed by atoms with Gasteiger partial charge in [-0.3, -0.25) is 18.6 Å². The van der Waals surface area contributed by atoms with Gasteiger partial charge in [-0.2, -0.15) is 0 Å². The summed E-state index contributed by atoms with van der Waals surface area (Å²) < 4.78 is 33.4. The van der Waals surface area contributed by atoms with Gasteiger partial charge in [0.05, 0.1) is 25.2 Å². The Morgan fingerprint density at radius 3 is 2.39 bits per heavy atom. The molecule has 0 bridgehead atoms. The summed E-state index contributed by atoms with van der Waals surface area (Å²) in [6, 6.07) is 7.17. The summed E-state index contributed by atoms with van der Waals surface area (Å²) in [5.41, 5.74) is -0.545. The predicted molar refractivity (Wildman–Crippen MR) is 108 cm³/mol. The van der Waals surface area contributed by atoms with Gasteiger partial charge in [0.15, 0.2) is 6.61 Å². The number of carboxylic acids is 1. The number of amides is 2. The van der Waals surface area contributed by atoms with Gasteiger partial charge in [-0.15, -0.1) is 0 Å². The summed E-state index contributed by atoms with van der Waals surface area (Å²) in [4.78, 5) is 37.6. The molecule has 0 radical (unpaired) electrons. The van der Waals surface area contributed by atoms with Crippen molar-refractivity contribution in [3.63, 3.8) is 0 Å². The molecule has 0 unspecified atom stereocenters. The Bertz CT molecular complexity index is 946. The second kappa shape index (κ2) is 12.0. The number of carbonyl (C=O) groups is 3. The Balaban J connectivity index is 0.00000385. The Kier molecular flexibility index (Phi) is 9.96. The van der Waals surface area contributed by atoms with Gasteiger partial charge < -0.3 is 29.4 Å². The number of carbonyl (C=O) groups excluding carboxylic acids is 3. The first-order valence-corrected chi connectivity index (χ1v) is 11.6. The number of allylic oxidation sites excluding steroid dienone is 1. The number of rotatable bonds is 11. The maximum absolute atomic E-state index is 12.6. The summed E-state index contributed by atoms with van der Waals surface area (Å²) in [5, 5.41) is 14.3. The van der Waals surface area contributed by atoms with Crippen molar-refractivity contribution in [1.82, 2.24) is 10.2 Å². The normalized spacial score (nSPS) is 19.7. The zero-order valence-corrected chi connectivity index (χ0v) is 21.5. The molecule has 0 saturated carbocycles. The van der Waals surface area contributed by atoms with E-state index in [9.17, 15) is 24.1 Å². The zero-order valence-electron chi connectivity index (χ0n) is 18.6. The average molecular weight is 490 g/mol. The van der Waals surface area contributed by atoms with E-state index < -0.39 is 43.4 Å². The minimum absolute atomic E-state index is 0. The number of fused-ring (bicyclic) bond motifs is 1. The van der Waals surface area contributed by atoms with Crippen LogP contribution in [0, 0.1) is 0 Å². The van der Waals surface area contributed by atoms with Gasteiger partial charge in [0.25, 0.3) is 11.8 Å². The van der Waals surface area contributed by atoms with Crippen LogP contribution in [0.3, 0.4) is 0 Å². The summed E-state index contributed by atoms with van der Waals surface area (Å²) >= 11 is 0. The largest absolute Gasteiger partial charge is 1.00 e. The van der Waals surface area contributed by atoms with Crippen molar-refractivity contribution in [3.8, 4) is 5.75 Å². The number of β-lactam (4-membered cyclic amide) rings is 1. The van der Waals surface area contributed by atoms with Crippen molar-refractivity contribution in [2.24, 2.45) is 0 Å². The van der Waals surface area contributed by atoms with Crippen LogP contribution < -0.4 is 44.7 Å². The fourth-order valence-corrected chi connectivity index (χ4v) is 4.79. The van der Waals surface area contributed by atoms with Crippen molar-refractivity contribution in [2.45, 2.75) is 38.8 Å². The maximum atomic E-state index is 12.6. The van der Waals surface area contributed by atoms with Gasteiger partial charge in [0, 0.05) is 6.42 Å². The molecule has 13 heteroatoms. The number of aliphatic carboxylic acids is 1. The van der Waals surface area contributed by atoms with Crippen LogP contribution in [0.15, 0.2) is 41.8 Å². The van der Waals surface area contributed by atoms with Crippen molar-refractivity contribution in [2.75, 3.05) is 19.8 Å². The van der Waals surface area contributed by atoms with E-state index in [1.165, 1.54) is 0 Å². The van der Waals surface area contributed by atoms with E-state index in [4.69, 9.17) is 18.3 Å². The molecule has 1 aromatic rings. The van der Waals surface area contributed by atoms with Crippen molar-refractivity contribution in [1.29, 1.82) is 0 Å². The molecule has 1 fully saturated rings. The van der Waals surface area contributed by atoms with Crippen molar-refractivity contribution in [3.05, 3.63) is 41.8 Å². The van der Waals surface area contributed by atoms with Crippen LogP contribution in [0.2, 0.25) is 0 Å². The third-order valence-corrected chi connectivity index (χ3v) is 6.40. The van der Waals surface area contributed by atoms with Gasteiger partial charge in [0.1, 0.15) is 23.2 Å². The summed E-state index contributed by atoms with van der Waals surface area (Å²) in [6.45, 7) is 2.87. The summed E-state index contributed by atoms with van der Waals surface area (Å²) in [5.74, 6) is -2.57. The summed E-state index contributed by atoms with van der Waals surface area (Å²) in [6.07, 6.45) is 0.301. The van der Waals surface area contributed by atoms with E-state index in [1.807, 2.05) is 0 Å². The molecule has 1 aromatic carbocycles. The van der Waals surface area contributed by atoms with Crippen LogP contribution in [0.5, 0.6) is 5.75 Å². The number of phosphoric ester groups is 1. The summed E-state index contributed by atoms with van der Waals surface area (Å²) in [7, 11) is -4.06. The molecule has 11 nitrogen and oxygen atoms in total. The van der Waals surface area contributed by atoms with Crippen LogP contribution in [0.25, 0.3) is 0 Å². The number of hydrogen-bond donors (Lipinski definition) is 1. The second-order valence-corrected chi connectivity index (χ2v) is 8.49. The molecule has 1 N–H and O–H groups in total. The third-order valence-electron chi connectivity index (χ3n) is 4.81. The first kappa shape index (κ1) is 27.4. The molecule has 2 aliphatic rings. The van der Waals surface area contributed by atoms with E-state index in [0.29, 0.717) is 5.75 Å². The molecule has 3 rings (SSSR count). The number of nitrogens with one attached hydrogen (secondary N) is 1. The minimum Gasteiger partial charge on any atom is -0.543 e. The van der Waals surface area contributed by atoms with Crippen molar-refractivity contribution >= 4 is 25.6 Å². The molecule has 2 amide bonds. The van der Waals surface area contributed by atoms with Gasteiger partial charge in [0.2, 0.25) is 0 Å². The average Bonchev–Trinajstić information content (AvgIpc) is 2.76. The smallest absolute Gasteiger partial charge is 0.543 e. The number of phosphoric acid groups is 1. The van der Waals surface area contributed by atoms with Crippen LogP contribution in [-0.4, -0.2) is 54.6 Å².